The van der Waals surface area contributed by atoms with Crippen molar-refractivity contribution in [2.24, 2.45) is 10.8 Å². The van der Waals surface area contributed by atoms with E-state index in [1.165, 1.54) is 35.4 Å². The number of carbonyl (C=O) groups excluding carboxylic acids is 1. The van der Waals surface area contributed by atoms with E-state index in [2.05, 4.69) is 82.6 Å². The van der Waals surface area contributed by atoms with Crippen LogP contribution < -0.4 is 0 Å². The van der Waals surface area contributed by atoms with Crippen molar-refractivity contribution >= 4 is 34.6 Å². The Morgan fingerprint density at radius 3 is 1.52 bits per heavy atom. The molecule has 0 bridgehead atoms. The fraction of sp³-hybridized carbons (Fsp3) is 0.450. The lowest BCUT2D eigenvalue weighted by atomic mass is 9.65. The molecule has 0 aliphatic heterocycles. The van der Waals surface area contributed by atoms with Crippen LogP contribution in [-0.4, -0.2) is 73.7 Å². The Morgan fingerprint density at radius 2 is 1.08 bits per heavy atom. The highest BCUT2D eigenvalue weighted by Crippen LogP contribution is 2.62. The number of aliphatic hydroxyl groups is 1. The number of Topliss-reactive ketones (excluding diaryl/α,β-unsaturated/α-hetero) is 1. The van der Waals surface area contributed by atoms with Crippen LogP contribution in [0.1, 0.15) is 139 Å². The van der Waals surface area contributed by atoms with E-state index in [0.717, 1.165) is 109 Å². The third-order valence-corrected chi connectivity index (χ3v) is 27.7. The second-order valence-corrected chi connectivity index (χ2v) is 31.1. The molecule has 1 unspecified atom stereocenters. The molecule has 6 aromatic rings. The van der Waals surface area contributed by atoms with Gasteiger partial charge in [0.25, 0.3) is 0 Å². The Balaban J connectivity index is 0.000000197. The quantitative estimate of drug-likeness (QED) is 0.0661. The van der Waals surface area contributed by atoms with Crippen LogP contribution in [0.3, 0.4) is 0 Å². The van der Waals surface area contributed by atoms with Crippen LogP contribution in [0.2, 0.25) is 36.3 Å². The summed E-state index contributed by atoms with van der Waals surface area (Å²) in [5, 5.41) is 20.8. The number of carbonyl (C=O) groups is 1. The van der Waals surface area contributed by atoms with E-state index in [1.807, 2.05) is 52.1 Å². The zero-order chi connectivity index (χ0) is 52.5. The van der Waals surface area contributed by atoms with Crippen molar-refractivity contribution < 1.29 is 33.0 Å². The van der Waals surface area contributed by atoms with E-state index in [-0.39, 0.29) is 33.7 Å². The summed E-state index contributed by atoms with van der Waals surface area (Å²) < 4.78 is 45.8. The number of aliphatic hydroxyl groups excluding tert-OH is 1. The van der Waals surface area contributed by atoms with Crippen molar-refractivity contribution in [3.8, 4) is 11.4 Å². The van der Waals surface area contributed by atoms with Crippen LogP contribution in [0.15, 0.2) is 121 Å². The van der Waals surface area contributed by atoms with E-state index < -0.39 is 33.9 Å². The first kappa shape index (κ1) is 55.7. The molecular formula is C60H76F2N6O5Si2. The minimum absolute atomic E-state index is 0. The van der Waals surface area contributed by atoms with Gasteiger partial charge >= 0.3 is 0 Å². The molecule has 398 valence electrons. The number of pyridine rings is 2. The van der Waals surface area contributed by atoms with Gasteiger partial charge in [-0.25, -0.2) is 18.1 Å². The van der Waals surface area contributed by atoms with Gasteiger partial charge in [0.1, 0.15) is 17.3 Å². The van der Waals surface area contributed by atoms with Gasteiger partial charge in [0.15, 0.2) is 22.4 Å². The number of hydrogen-bond acceptors (Lipinski definition) is 8. The summed E-state index contributed by atoms with van der Waals surface area (Å²) in [4.78, 5) is 22.5. The summed E-state index contributed by atoms with van der Waals surface area (Å²) in [6.07, 6.45) is 17.0. The summed E-state index contributed by atoms with van der Waals surface area (Å²) in [5.74, 6) is -0.473. The van der Waals surface area contributed by atoms with Gasteiger partial charge in [0.2, 0.25) is 0 Å². The zero-order valence-corrected chi connectivity index (χ0v) is 47.1. The smallest absolute Gasteiger partial charge is 0.192 e. The summed E-state index contributed by atoms with van der Waals surface area (Å²) >= 11 is 0. The third kappa shape index (κ3) is 10.2. The van der Waals surface area contributed by atoms with Gasteiger partial charge in [-0.1, -0.05) is 78.7 Å². The molecule has 2 aromatic carbocycles. The molecule has 11 nitrogen and oxygen atoms in total. The number of ketones is 1. The molecule has 10 rings (SSSR count). The Hall–Kier alpha value is -5.56. The van der Waals surface area contributed by atoms with Crippen molar-refractivity contribution in [2.45, 2.75) is 160 Å². The molecule has 75 heavy (non-hydrogen) atoms. The zero-order valence-electron chi connectivity index (χ0n) is 45.1. The molecule has 2 saturated carbocycles. The van der Waals surface area contributed by atoms with E-state index >= 15 is 0 Å². The molecule has 4 aliphatic rings. The highest BCUT2D eigenvalue weighted by atomic mass is 28.4. The van der Waals surface area contributed by atoms with Crippen molar-refractivity contribution in [3.05, 3.63) is 166 Å². The maximum Gasteiger partial charge on any atom is 0.192 e. The highest BCUT2D eigenvalue weighted by Gasteiger charge is 2.61. The largest absolute Gasteiger partial charge is 0.412 e. The van der Waals surface area contributed by atoms with Gasteiger partial charge in [-0.15, -0.1) is 0 Å². The topological polar surface area (TPSA) is 149 Å². The van der Waals surface area contributed by atoms with Gasteiger partial charge in [0.05, 0.1) is 58.2 Å². The fourth-order valence-corrected chi connectivity index (χ4v) is 19.4. The number of rotatable bonds is 18. The molecule has 2 fully saturated rings. The van der Waals surface area contributed by atoms with Crippen molar-refractivity contribution in [1.82, 2.24) is 29.5 Å². The highest BCUT2D eigenvalue weighted by molar-refractivity contribution is 6.74. The van der Waals surface area contributed by atoms with Crippen molar-refractivity contribution in [2.75, 3.05) is 0 Å². The second kappa shape index (κ2) is 22.2. The second-order valence-electron chi connectivity index (χ2n) is 21.7. The number of aromatic nitrogens is 6. The summed E-state index contributed by atoms with van der Waals surface area (Å²) in [6.45, 7) is 18.1. The van der Waals surface area contributed by atoms with Gasteiger partial charge in [0, 0.05) is 36.1 Å². The van der Waals surface area contributed by atoms with E-state index in [0.29, 0.717) is 24.2 Å². The maximum atomic E-state index is 13.6. The van der Waals surface area contributed by atoms with Gasteiger partial charge in [-0.05, 0) is 171 Å². The maximum absolute atomic E-state index is 13.6. The van der Waals surface area contributed by atoms with Crippen LogP contribution in [0.5, 0.6) is 0 Å². The molecule has 0 radical (unpaired) electrons. The molecule has 0 saturated heterocycles. The van der Waals surface area contributed by atoms with Crippen LogP contribution in [0.4, 0.5) is 8.78 Å². The van der Waals surface area contributed by atoms with Crippen LogP contribution >= 0.6 is 0 Å². The van der Waals surface area contributed by atoms with Gasteiger partial charge in [-0.3, -0.25) is 14.8 Å². The van der Waals surface area contributed by atoms with E-state index in [4.69, 9.17) is 14.0 Å². The average molecular weight is 1060 g/mol. The average Bonchev–Trinajstić information content (AvgIpc) is 4.17. The lowest BCUT2D eigenvalue weighted by Crippen LogP contribution is -2.55. The molecule has 4 aliphatic carbocycles. The van der Waals surface area contributed by atoms with E-state index in [9.17, 15) is 18.7 Å². The standard InChI is InChI=1S/C30H38FN3O2Si.C30H36FN3O2Si.H2O/c2*1-5-37(6-2,7-3)36-30(20-28(35)26-10-8-9-17-32-26)16-15-23-18-27-22(19-29(23,30)4)21-33-34(27)25-13-11-24(31)12-14-25;/h8-14,17-18,21,28,35H,5-7,15-16,19-20H2,1-4H3;8-14,17-18,21H,5-7,15-16,19-20H2,1-4H3;1H2/t28?,29-,30+;29-,30+;/m00./s1. The molecule has 0 amide bonds. The van der Waals surface area contributed by atoms with Crippen molar-refractivity contribution in [1.29, 1.82) is 0 Å². The molecule has 5 atom stereocenters. The Labute approximate surface area is 444 Å². The van der Waals surface area contributed by atoms with Crippen LogP contribution in [0.25, 0.3) is 23.5 Å². The monoisotopic (exact) mass is 1050 g/mol. The third-order valence-electron chi connectivity index (χ3n) is 18.3. The fourth-order valence-electron chi connectivity index (χ4n) is 13.1. The first-order valence-electron chi connectivity index (χ1n) is 27.1. The normalized spacial score (nSPS) is 23.1. The number of benzene rings is 2. The number of fused-ring (bicyclic) bond motifs is 4. The molecule has 0 spiro atoms. The summed E-state index contributed by atoms with van der Waals surface area (Å²) in [6, 6.07) is 30.4. The molecule has 4 aromatic heterocycles. The summed E-state index contributed by atoms with van der Waals surface area (Å²) in [5.41, 5.74) is 8.29. The lowest BCUT2D eigenvalue weighted by molar-refractivity contribution is -0.0622. The lowest BCUT2D eigenvalue weighted by Gasteiger charge is -2.51. The predicted molar refractivity (Wildman–Crippen MR) is 298 cm³/mol. The van der Waals surface area contributed by atoms with Gasteiger partial charge in [-0.2, -0.15) is 10.2 Å². The minimum atomic E-state index is -2.05. The first-order chi connectivity index (χ1) is 35.6. The predicted octanol–water partition coefficient (Wildman–Crippen LogP) is 13.4. The van der Waals surface area contributed by atoms with Crippen molar-refractivity contribution in [3.63, 3.8) is 0 Å². The molecule has 3 N–H and O–H groups in total. The number of nitrogens with zero attached hydrogens (tertiary/aromatic N) is 6. The number of hydrogen-bond donors (Lipinski definition) is 1. The first-order valence-corrected chi connectivity index (χ1v) is 32.1. The van der Waals surface area contributed by atoms with Crippen LogP contribution in [0, 0.1) is 22.5 Å². The SMILES string of the molecule is CC[Si](CC)(CC)O[C@@]1(CC(=O)c2ccccn2)CCC2=Cc3c(cnn3-c3ccc(F)cc3)C[C@@]21C.CC[Si](CC)(CC)O[C@@]1(CC(O)c2ccccn2)CCC2=Cc3c(cnn3-c3ccc(F)cc3)C[C@@]21C.O. The Bertz CT molecular complexity index is 2980. The Kier molecular flexibility index (Phi) is 16.5. The molecule has 15 heteroatoms. The van der Waals surface area contributed by atoms with Gasteiger partial charge < -0.3 is 19.4 Å². The number of halogens is 2. The van der Waals surface area contributed by atoms with E-state index in [1.54, 1.807) is 42.7 Å². The molecule has 4 heterocycles. The van der Waals surface area contributed by atoms with Crippen LogP contribution in [-0.2, 0) is 21.7 Å². The molecular weight excluding hydrogens is 979 g/mol. The minimum Gasteiger partial charge on any atom is -0.412 e. The summed E-state index contributed by atoms with van der Waals surface area (Å²) in [7, 11) is -4.05. The Morgan fingerprint density at radius 1 is 0.640 bits per heavy atom.